The first-order valence-electron chi connectivity index (χ1n) is 7.27. The highest BCUT2D eigenvalue weighted by Gasteiger charge is 2.10. The van der Waals surface area contributed by atoms with Crippen LogP contribution in [0.25, 0.3) is 0 Å². The van der Waals surface area contributed by atoms with Gasteiger partial charge in [-0.3, -0.25) is 0 Å². The minimum absolute atomic E-state index is 0.387. The van der Waals surface area contributed by atoms with Crippen molar-refractivity contribution < 1.29 is 0 Å². The molecule has 0 amide bonds. The Bertz CT molecular complexity index is 546. The molecular formula is C18H24N2. The van der Waals surface area contributed by atoms with Gasteiger partial charge < -0.3 is 10.2 Å². The van der Waals surface area contributed by atoms with Crippen LogP contribution in [0.3, 0.4) is 0 Å². The molecule has 0 radical (unpaired) electrons. The van der Waals surface area contributed by atoms with E-state index >= 15 is 0 Å². The standard InChI is InChI=1S/C18H24N2/c1-5-20(18-9-7-6-8-14(18)2)17-12-10-16(11-13-17)15(3)19-4/h6-13,15,19H,5H2,1-4H3. The van der Waals surface area contributed by atoms with Gasteiger partial charge in [0.25, 0.3) is 0 Å². The summed E-state index contributed by atoms with van der Waals surface area (Å²) in [5.74, 6) is 0. The molecule has 0 aliphatic rings. The van der Waals surface area contributed by atoms with Crippen LogP contribution in [0.4, 0.5) is 11.4 Å². The van der Waals surface area contributed by atoms with E-state index in [1.165, 1.54) is 22.5 Å². The first-order valence-corrected chi connectivity index (χ1v) is 7.27. The van der Waals surface area contributed by atoms with Crippen molar-refractivity contribution in [3.05, 3.63) is 59.7 Å². The van der Waals surface area contributed by atoms with Crippen molar-refractivity contribution in [2.45, 2.75) is 26.8 Å². The van der Waals surface area contributed by atoms with Crippen LogP contribution in [0.15, 0.2) is 48.5 Å². The van der Waals surface area contributed by atoms with Crippen molar-refractivity contribution in [2.24, 2.45) is 0 Å². The molecule has 20 heavy (non-hydrogen) atoms. The average Bonchev–Trinajstić information content (AvgIpc) is 2.50. The van der Waals surface area contributed by atoms with E-state index in [2.05, 4.69) is 79.5 Å². The maximum absolute atomic E-state index is 3.27. The third kappa shape index (κ3) is 3.02. The molecule has 1 N–H and O–H groups in total. The van der Waals surface area contributed by atoms with E-state index in [-0.39, 0.29) is 0 Å². The summed E-state index contributed by atoms with van der Waals surface area (Å²) in [7, 11) is 1.99. The number of rotatable bonds is 5. The Kier molecular flexibility index (Phi) is 4.80. The minimum Gasteiger partial charge on any atom is -0.342 e. The van der Waals surface area contributed by atoms with E-state index < -0.39 is 0 Å². The second-order valence-electron chi connectivity index (χ2n) is 5.13. The average molecular weight is 268 g/mol. The molecule has 2 nitrogen and oxygen atoms in total. The van der Waals surface area contributed by atoms with E-state index in [0.29, 0.717) is 6.04 Å². The molecule has 0 aliphatic carbocycles. The van der Waals surface area contributed by atoms with Gasteiger partial charge in [-0.15, -0.1) is 0 Å². The molecule has 1 atom stereocenters. The van der Waals surface area contributed by atoms with Gasteiger partial charge in [-0.05, 0) is 57.1 Å². The summed E-state index contributed by atoms with van der Waals surface area (Å²) in [6.07, 6.45) is 0. The number of hydrogen-bond donors (Lipinski definition) is 1. The molecule has 0 fully saturated rings. The fourth-order valence-electron chi connectivity index (χ4n) is 2.47. The highest BCUT2D eigenvalue weighted by molar-refractivity contribution is 5.66. The molecule has 2 aromatic carbocycles. The van der Waals surface area contributed by atoms with Gasteiger partial charge in [0.15, 0.2) is 0 Å². The molecule has 0 aliphatic heterocycles. The van der Waals surface area contributed by atoms with Gasteiger partial charge in [0.2, 0.25) is 0 Å². The zero-order chi connectivity index (χ0) is 14.5. The summed E-state index contributed by atoms with van der Waals surface area (Å²) in [6, 6.07) is 17.7. The second kappa shape index (κ2) is 6.58. The van der Waals surface area contributed by atoms with Crippen molar-refractivity contribution in [1.29, 1.82) is 0 Å². The third-order valence-corrected chi connectivity index (χ3v) is 3.86. The zero-order valence-corrected chi connectivity index (χ0v) is 12.9. The number of benzene rings is 2. The van der Waals surface area contributed by atoms with E-state index in [4.69, 9.17) is 0 Å². The van der Waals surface area contributed by atoms with Crippen LogP contribution in [0.1, 0.15) is 31.0 Å². The monoisotopic (exact) mass is 268 g/mol. The lowest BCUT2D eigenvalue weighted by molar-refractivity contribution is 0.652. The zero-order valence-electron chi connectivity index (χ0n) is 12.9. The lowest BCUT2D eigenvalue weighted by Gasteiger charge is -2.25. The van der Waals surface area contributed by atoms with Crippen molar-refractivity contribution >= 4 is 11.4 Å². The van der Waals surface area contributed by atoms with Crippen LogP contribution in [0.5, 0.6) is 0 Å². The predicted octanol–water partition coefficient (Wildman–Crippen LogP) is 4.43. The topological polar surface area (TPSA) is 15.3 Å². The Hall–Kier alpha value is -1.80. The summed E-state index contributed by atoms with van der Waals surface area (Å²) in [5.41, 5.74) is 5.15. The van der Waals surface area contributed by atoms with Crippen molar-refractivity contribution in [2.75, 3.05) is 18.5 Å². The number of aryl methyl sites for hydroxylation is 1. The van der Waals surface area contributed by atoms with Gasteiger partial charge in [-0.2, -0.15) is 0 Å². The molecule has 2 aromatic rings. The van der Waals surface area contributed by atoms with Crippen LogP contribution in [-0.2, 0) is 0 Å². The van der Waals surface area contributed by atoms with Gasteiger partial charge in [-0.25, -0.2) is 0 Å². The summed E-state index contributed by atoms with van der Waals surface area (Å²) >= 11 is 0. The Balaban J connectivity index is 2.31. The Morgan fingerprint density at radius 2 is 1.70 bits per heavy atom. The summed E-state index contributed by atoms with van der Waals surface area (Å²) in [5, 5.41) is 3.27. The fourth-order valence-corrected chi connectivity index (χ4v) is 2.47. The third-order valence-electron chi connectivity index (χ3n) is 3.86. The van der Waals surface area contributed by atoms with Crippen molar-refractivity contribution in [3.63, 3.8) is 0 Å². The van der Waals surface area contributed by atoms with E-state index in [1.54, 1.807) is 0 Å². The molecule has 0 saturated heterocycles. The van der Waals surface area contributed by atoms with Crippen LogP contribution in [-0.4, -0.2) is 13.6 Å². The first-order chi connectivity index (χ1) is 9.67. The molecule has 2 rings (SSSR count). The Morgan fingerprint density at radius 1 is 1.05 bits per heavy atom. The van der Waals surface area contributed by atoms with E-state index in [0.717, 1.165) is 6.54 Å². The fraction of sp³-hybridized carbons (Fsp3) is 0.333. The largest absolute Gasteiger partial charge is 0.342 e. The predicted molar refractivity (Wildman–Crippen MR) is 87.8 cm³/mol. The maximum Gasteiger partial charge on any atom is 0.0440 e. The maximum atomic E-state index is 3.27. The van der Waals surface area contributed by atoms with Crippen LogP contribution >= 0.6 is 0 Å². The quantitative estimate of drug-likeness (QED) is 0.862. The van der Waals surface area contributed by atoms with Gasteiger partial charge in [-0.1, -0.05) is 30.3 Å². The molecule has 0 saturated carbocycles. The molecule has 1 unspecified atom stereocenters. The van der Waals surface area contributed by atoms with Gasteiger partial charge >= 0.3 is 0 Å². The van der Waals surface area contributed by atoms with E-state index in [1.807, 2.05) is 7.05 Å². The molecular weight excluding hydrogens is 244 g/mol. The number of hydrogen-bond acceptors (Lipinski definition) is 2. The first kappa shape index (κ1) is 14.6. The number of nitrogens with zero attached hydrogens (tertiary/aromatic N) is 1. The van der Waals surface area contributed by atoms with Gasteiger partial charge in [0.05, 0.1) is 0 Å². The lowest BCUT2D eigenvalue weighted by atomic mass is 10.1. The Labute approximate surface area is 122 Å². The number of para-hydroxylation sites is 1. The lowest BCUT2D eigenvalue weighted by Crippen LogP contribution is -2.17. The molecule has 0 aromatic heterocycles. The SMILES string of the molecule is CCN(c1ccc(C(C)NC)cc1)c1ccccc1C. The number of nitrogens with one attached hydrogen (secondary N) is 1. The van der Waals surface area contributed by atoms with Gasteiger partial charge in [0.1, 0.15) is 0 Å². The minimum atomic E-state index is 0.387. The Morgan fingerprint density at radius 3 is 2.25 bits per heavy atom. The molecule has 0 heterocycles. The summed E-state index contributed by atoms with van der Waals surface area (Å²) < 4.78 is 0. The summed E-state index contributed by atoms with van der Waals surface area (Å²) in [6.45, 7) is 7.49. The highest BCUT2D eigenvalue weighted by atomic mass is 15.1. The van der Waals surface area contributed by atoms with Gasteiger partial charge in [0, 0.05) is 24.0 Å². The molecule has 0 spiro atoms. The normalized spacial score (nSPS) is 12.2. The molecule has 106 valence electrons. The molecule has 2 heteroatoms. The molecule has 0 bridgehead atoms. The number of anilines is 2. The van der Waals surface area contributed by atoms with Crippen molar-refractivity contribution in [3.8, 4) is 0 Å². The van der Waals surface area contributed by atoms with Crippen molar-refractivity contribution in [1.82, 2.24) is 5.32 Å². The smallest absolute Gasteiger partial charge is 0.0440 e. The van der Waals surface area contributed by atoms with Crippen LogP contribution in [0.2, 0.25) is 0 Å². The highest BCUT2D eigenvalue weighted by Crippen LogP contribution is 2.28. The van der Waals surface area contributed by atoms with Crippen LogP contribution < -0.4 is 10.2 Å². The second-order valence-corrected chi connectivity index (χ2v) is 5.13. The van der Waals surface area contributed by atoms with Crippen LogP contribution in [0, 0.1) is 6.92 Å². The van der Waals surface area contributed by atoms with E-state index in [9.17, 15) is 0 Å². The summed E-state index contributed by atoms with van der Waals surface area (Å²) in [4.78, 5) is 2.35.